The second-order valence-corrected chi connectivity index (χ2v) is 23.4. The molecule has 1 aromatic heterocycles. The second-order valence-electron chi connectivity index (χ2n) is 23.4. The molecule has 0 fully saturated rings. The molecule has 8 aromatic carbocycles. The van der Waals surface area contributed by atoms with E-state index in [1.807, 2.05) is 0 Å². The van der Waals surface area contributed by atoms with Gasteiger partial charge in [0.05, 0.1) is 5.69 Å². The minimum absolute atomic E-state index is 0.000107. The maximum Gasteiger partial charge on any atom is 0.135 e. The van der Waals surface area contributed by atoms with Crippen molar-refractivity contribution in [3.63, 3.8) is 0 Å². The molecule has 0 atom stereocenters. The molecule has 67 heavy (non-hydrogen) atoms. The van der Waals surface area contributed by atoms with Crippen molar-refractivity contribution in [3.05, 3.63) is 196 Å². The van der Waals surface area contributed by atoms with Crippen molar-refractivity contribution in [1.82, 2.24) is 0 Å². The molecule has 332 valence electrons. The number of anilines is 3. The van der Waals surface area contributed by atoms with Crippen LogP contribution in [0.4, 0.5) is 17.1 Å². The fourth-order valence-electron chi connectivity index (χ4n) is 12.6. The number of benzene rings is 8. The molecule has 0 radical (unpaired) electrons. The van der Waals surface area contributed by atoms with Crippen molar-refractivity contribution in [3.8, 4) is 44.5 Å². The Hall–Kier alpha value is -6.64. The zero-order valence-electron chi connectivity index (χ0n) is 41.3. The molecule has 9 aromatic rings. The first-order valence-electron chi connectivity index (χ1n) is 24.3. The van der Waals surface area contributed by atoms with E-state index in [1.165, 1.54) is 94.7 Å². The van der Waals surface area contributed by atoms with Gasteiger partial charge in [0.15, 0.2) is 0 Å². The van der Waals surface area contributed by atoms with Crippen molar-refractivity contribution in [1.29, 1.82) is 0 Å². The van der Waals surface area contributed by atoms with E-state index < -0.39 is 0 Å². The standard InChI is InChI=1S/C65H61NO/c1-61(2,3)54-36-47-53(37-55(54)62(4,5)6)65(11,12)50-24-17-21-41(59(47)50)38-27-31-57-45(33-38)46-34-39(29-32-58(46)67-57)66(40-28-30-43-42-19-13-15-22-48(42)64(9,10)52(43)35-40)56-26-18-25-51-60(56)44-20-14-16-23-49(44)63(51,7)8/h13-37H,1-12H3. The minimum atomic E-state index is -0.140. The Labute approximate surface area is 397 Å². The lowest BCUT2D eigenvalue weighted by atomic mass is 9.72. The van der Waals surface area contributed by atoms with Crippen LogP contribution in [-0.2, 0) is 27.1 Å². The van der Waals surface area contributed by atoms with Crippen molar-refractivity contribution in [2.45, 2.75) is 110 Å². The zero-order valence-corrected chi connectivity index (χ0v) is 41.3. The molecule has 1 heterocycles. The van der Waals surface area contributed by atoms with Gasteiger partial charge in [0, 0.05) is 44.0 Å². The van der Waals surface area contributed by atoms with E-state index in [0.717, 1.165) is 33.3 Å². The van der Waals surface area contributed by atoms with Crippen LogP contribution in [0.25, 0.3) is 66.4 Å². The number of nitrogens with zero attached hydrogens (tertiary/aromatic N) is 1. The highest BCUT2D eigenvalue weighted by molar-refractivity contribution is 6.09. The highest BCUT2D eigenvalue weighted by Crippen LogP contribution is 2.58. The molecule has 3 aliphatic carbocycles. The van der Waals surface area contributed by atoms with Crippen LogP contribution in [0.5, 0.6) is 0 Å². The summed E-state index contributed by atoms with van der Waals surface area (Å²) in [5.74, 6) is 0. The summed E-state index contributed by atoms with van der Waals surface area (Å²) in [7, 11) is 0. The highest BCUT2D eigenvalue weighted by Gasteiger charge is 2.41. The third-order valence-corrected chi connectivity index (χ3v) is 16.1. The topological polar surface area (TPSA) is 16.4 Å². The van der Waals surface area contributed by atoms with Gasteiger partial charge in [-0.1, -0.05) is 180 Å². The first-order valence-corrected chi connectivity index (χ1v) is 24.3. The lowest BCUT2D eigenvalue weighted by Gasteiger charge is -2.32. The predicted molar refractivity (Wildman–Crippen MR) is 284 cm³/mol. The Morgan fingerprint density at radius 2 is 0.866 bits per heavy atom. The van der Waals surface area contributed by atoms with Gasteiger partial charge >= 0.3 is 0 Å². The predicted octanol–water partition coefficient (Wildman–Crippen LogP) is 18.2. The fourth-order valence-corrected chi connectivity index (χ4v) is 12.6. The van der Waals surface area contributed by atoms with Gasteiger partial charge in [-0.3, -0.25) is 0 Å². The van der Waals surface area contributed by atoms with Crippen LogP contribution in [0, 0.1) is 0 Å². The molecular weight excluding hydrogens is 811 g/mol. The summed E-state index contributed by atoms with van der Waals surface area (Å²) in [6.45, 7) is 28.5. The molecule has 2 heteroatoms. The molecule has 0 saturated heterocycles. The number of hydrogen-bond donors (Lipinski definition) is 0. The molecule has 3 aliphatic rings. The summed E-state index contributed by atoms with van der Waals surface area (Å²) >= 11 is 0. The van der Waals surface area contributed by atoms with Crippen LogP contribution in [0.15, 0.2) is 156 Å². The van der Waals surface area contributed by atoms with Crippen LogP contribution >= 0.6 is 0 Å². The van der Waals surface area contributed by atoms with Gasteiger partial charge < -0.3 is 9.32 Å². The van der Waals surface area contributed by atoms with Crippen LogP contribution < -0.4 is 4.90 Å². The third kappa shape index (κ3) is 5.87. The third-order valence-electron chi connectivity index (χ3n) is 16.1. The van der Waals surface area contributed by atoms with E-state index in [0.29, 0.717) is 0 Å². The smallest absolute Gasteiger partial charge is 0.135 e. The van der Waals surface area contributed by atoms with Gasteiger partial charge in [0.1, 0.15) is 11.2 Å². The van der Waals surface area contributed by atoms with E-state index in [9.17, 15) is 0 Å². The van der Waals surface area contributed by atoms with E-state index in [1.54, 1.807) is 0 Å². The van der Waals surface area contributed by atoms with Gasteiger partial charge in [-0.05, 0) is 149 Å². The average Bonchev–Trinajstić information content (AvgIpc) is 3.93. The second kappa shape index (κ2) is 13.7. The van der Waals surface area contributed by atoms with Crippen LogP contribution in [-0.4, -0.2) is 0 Å². The monoisotopic (exact) mass is 871 g/mol. The Balaban J connectivity index is 1.06. The lowest BCUT2D eigenvalue weighted by molar-refractivity contribution is 0.527. The quantitative estimate of drug-likeness (QED) is 0.175. The van der Waals surface area contributed by atoms with E-state index in [2.05, 4.69) is 240 Å². The molecule has 2 nitrogen and oxygen atoms in total. The molecule has 0 amide bonds. The fraction of sp³-hybridized carbons (Fsp3) is 0.262. The van der Waals surface area contributed by atoms with E-state index in [-0.39, 0.29) is 27.1 Å². The Kier molecular flexibility index (Phi) is 8.56. The number of rotatable bonds is 4. The van der Waals surface area contributed by atoms with Crippen molar-refractivity contribution in [2.75, 3.05) is 4.90 Å². The molecule has 12 rings (SSSR count). The summed E-state index contributed by atoms with van der Waals surface area (Å²) in [5, 5.41) is 2.23. The van der Waals surface area contributed by atoms with Crippen LogP contribution in [0.1, 0.15) is 128 Å². The van der Waals surface area contributed by atoms with Gasteiger partial charge in [-0.2, -0.15) is 0 Å². The van der Waals surface area contributed by atoms with Crippen LogP contribution in [0.2, 0.25) is 0 Å². The molecule has 0 aliphatic heterocycles. The van der Waals surface area contributed by atoms with E-state index in [4.69, 9.17) is 4.42 Å². The van der Waals surface area contributed by atoms with Crippen molar-refractivity contribution < 1.29 is 4.42 Å². The van der Waals surface area contributed by atoms with Gasteiger partial charge in [-0.25, -0.2) is 0 Å². The summed E-state index contributed by atoms with van der Waals surface area (Å²) < 4.78 is 6.72. The number of furan rings is 1. The molecular formula is C65H61NO. The Bertz CT molecular complexity index is 3570. The highest BCUT2D eigenvalue weighted by atomic mass is 16.3. The lowest BCUT2D eigenvalue weighted by Crippen LogP contribution is -2.24. The summed E-state index contributed by atoms with van der Waals surface area (Å²) in [6.07, 6.45) is 0. The van der Waals surface area contributed by atoms with Crippen molar-refractivity contribution >= 4 is 39.0 Å². The first-order chi connectivity index (χ1) is 31.8. The van der Waals surface area contributed by atoms with Gasteiger partial charge in [0.25, 0.3) is 0 Å². The van der Waals surface area contributed by atoms with Gasteiger partial charge in [-0.15, -0.1) is 0 Å². The Morgan fingerprint density at radius 1 is 0.373 bits per heavy atom. The molecule has 0 bridgehead atoms. The normalized spacial score (nSPS) is 15.8. The van der Waals surface area contributed by atoms with Crippen molar-refractivity contribution in [2.24, 2.45) is 0 Å². The molecule has 0 spiro atoms. The summed E-state index contributed by atoms with van der Waals surface area (Å²) in [6, 6.07) is 57.7. The largest absolute Gasteiger partial charge is 0.456 e. The zero-order chi connectivity index (χ0) is 46.7. The summed E-state index contributed by atoms with van der Waals surface area (Å²) in [5.41, 5.74) is 26.4. The van der Waals surface area contributed by atoms with Crippen LogP contribution in [0.3, 0.4) is 0 Å². The first kappa shape index (κ1) is 41.8. The van der Waals surface area contributed by atoms with E-state index >= 15 is 0 Å². The number of hydrogen-bond acceptors (Lipinski definition) is 2. The Morgan fingerprint density at radius 3 is 1.58 bits per heavy atom. The minimum Gasteiger partial charge on any atom is -0.456 e. The molecule has 0 saturated carbocycles. The molecule has 0 unspecified atom stereocenters. The number of fused-ring (bicyclic) bond motifs is 12. The molecule has 0 N–H and O–H groups in total. The SMILES string of the molecule is CC(C)(C)c1cc2c(cc1C(C)(C)C)C(C)(C)c1cccc(-c3ccc4oc5ccc(N(c6ccc7c(c6)C(C)(C)c6ccccc6-7)c6cccc7c6-c6ccccc6C7(C)C)cc5c4c3)c1-2. The average molecular weight is 872 g/mol. The maximum absolute atomic E-state index is 6.72. The van der Waals surface area contributed by atoms with Gasteiger partial charge in [0.2, 0.25) is 0 Å². The summed E-state index contributed by atoms with van der Waals surface area (Å²) in [4.78, 5) is 2.51. The maximum atomic E-state index is 6.72.